The van der Waals surface area contributed by atoms with Gasteiger partial charge in [0.25, 0.3) is 0 Å². The molecule has 0 N–H and O–H groups in total. The summed E-state index contributed by atoms with van der Waals surface area (Å²) in [6, 6.07) is 6.51. The van der Waals surface area contributed by atoms with Crippen LogP contribution in [0.3, 0.4) is 0 Å². The van der Waals surface area contributed by atoms with Crippen molar-refractivity contribution in [2.45, 2.75) is 26.7 Å². The molecule has 0 saturated carbocycles. The Kier molecular flexibility index (Phi) is 3.97. The van der Waals surface area contributed by atoms with Gasteiger partial charge in [-0.15, -0.1) is 0 Å². The van der Waals surface area contributed by atoms with Crippen molar-refractivity contribution < 1.29 is 4.74 Å². The van der Waals surface area contributed by atoms with Gasteiger partial charge >= 0.3 is 0 Å². The first-order valence-electron chi connectivity index (χ1n) is 4.86. The van der Waals surface area contributed by atoms with Crippen LogP contribution < -0.4 is 0 Å². The third kappa shape index (κ3) is 2.56. The average Bonchev–Trinajstić information content (AvgIpc) is 2.15. The lowest BCUT2D eigenvalue weighted by Crippen LogP contribution is -2.01. The van der Waals surface area contributed by atoms with Gasteiger partial charge in [-0.05, 0) is 36.5 Å². The average molecular weight is 178 g/mol. The molecule has 1 aromatic carbocycles. The van der Waals surface area contributed by atoms with Gasteiger partial charge in [-0.2, -0.15) is 0 Å². The van der Waals surface area contributed by atoms with E-state index in [0.29, 0.717) is 0 Å². The Labute approximate surface area is 80.7 Å². The molecule has 0 atom stereocenters. The summed E-state index contributed by atoms with van der Waals surface area (Å²) in [5.74, 6) is 0. The van der Waals surface area contributed by atoms with Crippen LogP contribution >= 0.6 is 0 Å². The van der Waals surface area contributed by atoms with Crippen LogP contribution in [0.1, 0.15) is 23.6 Å². The summed E-state index contributed by atoms with van der Waals surface area (Å²) >= 11 is 0. The molecule has 0 radical (unpaired) electrons. The maximum atomic E-state index is 5.10. The summed E-state index contributed by atoms with van der Waals surface area (Å²) in [5.41, 5.74) is 4.31. The molecule has 13 heavy (non-hydrogen) atoms. The van der Waals surface area contributed by atoms with Crippen molar-refractivity contribution in [3.63, 3.8) is 0 Å². The number of hydrogen-bond donors (Lipinski definition) is 0. The summed E-state index contributed by atoms with van der Waals surface area (Å²) in [6.45, 7) is 5.19. The normalized spacial score (nSPS) is 10.4. The number of ether oxygens (including phenoxy) is 1. The third-order valence-electron chi connectivity index (χ3n) is 2.44. The summed E-state index contributed by atoms with van der Waals surface area (Å²) < 4.78 is 5.10. The maximum absolute atomic E-state index is 5.10. The molecular formula is C12H18O. The van der Waals surface area contributed by atoms with E-state index in [1.165, 1.54) is 16.7 Å². The zero-order valence-electron chi connectivity index (χ0n) is 8.76. The second kappa shape index (κ2) is 5.03. The van der Waals surface area contributed by atoms with E-state index in [-0.39, 0.29) is 0 Å². The van der Waals surface area contributed by atoms with E-state index in [2.05, 4.69) is 32.0 Å². The largest absolute Gasteiger partial charge is 0.384 e. The Morgan fingerprint density at radius 1 is 1.31 bits per heavy atom. The van der Waals surface area contributed by atoms with Crippen molar-refractivity contribution in [2.75, 3.05) is 13.7 Å². The molecule has 1 nitrogen and oxygen atoms in total. The predicted molar refractivity (Wildman–Crippen MR) is 56.1 cm³/mol. The van der Waals surface area contributed by atoms with Crippen LogP contribution in [0.4, 0.5) is 0 Å². The first-order chi connectivity index (χ1) is 6.29. The highest BCUT2D eigenvalue weighted by atomic mass is 16.5. The molecule has 0 aliphatic carbocycles. The molecule has 0 fully saturated rings. The second-order valence-corrected chi connectivity index (χ2v) is 3.31. The summed E-state index contributed by atoms with van der Waals surface area (Å²) in [5, 5.41) is 0. The Hall–Kier alpha value is -0.820. The fourth-order valence-corrected chi connectivity index (χ4v) is 1.66. The van der Waals surface area contributed by atoms with Crippen LogP contribution in [-0.2, 0) is 17.6 Å². The van der Waals surface area contributed by atoms with E-state index < -0.39 is 0 Å². The smallest absolute Gasteiger partial charge is 0.0502 e. The lowest BCUT2D eigenvalue weighted by molar-refractivity contribution is 0.202. The maximum Gasteiger partial charge on any atom is 0.0502 e. The summed E-state index contributed by atoms with van der Waals surface area (Å²) in [4.78, 5) is 0. The van der Waals surface area contributed by atoms with Crippen LogP contribution in [0.15, 0.2) is 18.2 Å². The van der Waals surface area contributed by atoms with Gasteiger partial charge in [-0.25, -0.2) is 0 Å². The van der Waals surface area contributed by atoms with Crippen LogP contribution in [0.25, 0.3) is 0 Å². The highest BCUT2D eigenvalue weighted by molar-refractivity contribution is 5.34. The van der Waals surface area contributed by atoms with Crippen molar-refractivity contribution >= 4 is 0 Å². The fourth-order valence-electron chi connectivity index (χ4n) is 1.66. The lowest BCUT2D eigenvalue weighted by Gasteiger charge is -2.10. The van der Waals surface area contributed by atoms with Crippen LogP contribution in [0.2, 0.25) is 0 Å². The van der Waals surface area contributed by atoms with E-state index in [0.717, 1.165) is 19.4 Å². The van der Waals surface area contributed by atoms with Crippen LogP contribution in [0, 0.1) is 6.92 Å². The Morgan fingerprint density at radius 3 is 2.69 bits per heavy atom. The van der Waals surface area contributed by atoms with E-state index in [1.54, 1.807) is 7.11 Å². The molecule has 0 saturated heterocycles. The van der Waals surface area contributed by atoms with Gasteiger partial charge in [0.1, 0.15) is 0 Å². The van der Waals surface area contributed by atoms with Crippen LogP contribution in [-0.4, -0.2) is 13.7 Å². The van der Waals surface area contributed by atoms with E-state index in [1.807, 2.05) is 0 Å². The van der Waals surface area contributed by atoms with Gasteiger partial charge in [0.15, 0.2) is 0 Å². The fraction of sp³-hybridized carbons (Fsp3) is 0.500. The van der Waals surface area contributed by atoms with Gasteiger partial charge in [0, 0.05) is 7.11 Å². The van der Waals surface area contributed by atoms with Crippen molar-refractivity contribution in [3.8, 4) is 0 Å². The predicted octanol–water partition coefficient (Wildman–Crippen LogP) is 2.75. The molecule has 0 bridgehead atoms. The minimum absolute atomic E-state index is 0.817. The number of aryl methyl sites for hydroxylation is 2. The van der Waals surface area contributed by atoms with Gasteiger partial charge in [-0.1, -0.05) is 25.1 Å². The van der Waals surface area contributed by atoms with Crippen molar-refractivity contribution in [2.24, 2.45) is 0 Å². The minimum Gasteiger partial charge on any atom is -0.384 e. The quantitative estimate of drug-likeness (QED) is 0.689. The van der Waals surface area contributed by atoms with Crippen molar-refractivity contribution in [1.82, 2.24) is 0 Å². The molecule has 1 aromatic rings. The second-order valence-electron chi connectivity index (χ2n) is 3.31. The molecule has 1 rings (SSSR count). The third-order valence-corrected chi connectivity index (χ3v) is 2.44. The molecule has 0 spiro atoms. The SMILES string of the molecule is CCc1cccc(C)c1CCOC. The lowest BCUT2D eigenvalue weighted by atomic mass is 9.98. The monoisotopic (exact) mass is 178 g/mol. The summed E-state index contributed by atoms with van der Waals surface area (Å²) in [6.07, 6.45) is 2.15. The number of hydrogen-bond acceptors (Lipinski definition) is 1. The molecule has 0 aromatic heterocycles. The molecule has 0 unspecified atom stereocenters. The summed E-state index contributed by atoms with van der Waals surface area (Å²) in [7, 11) is 1.75. The van der Waals surface area contributed by atoms with Crippen LogP contribution in [0.5, 0.6) is 0 Å². The minimum atomic E-state index is 0.817. The standard InChI is InChI=1S/C12H18O/c1-4-11-7-5-6-10(2)12(11)8-9-13-3/h5-7H,4,8-9H2,1-3H3. The topological polar surface area (TPSA) is 9.23 Å². The van der Waals surface area contributed by atoms with Crippen molar-refractivity contribution in [3.05, 3.63) is 34.9 Å². The zero-order valence-corrected chi connectivity index (χ0v) is 8.76. The molecule has 0 amide bonds. The molecular weight excluding hydrogens is 160 g/mol. The van der Waals surface area contributed by atoms with Crippen molar-refractivity contribution in [1.29, 1.82) is 0 Å². The molecule has 72 valence electrons. The van der Waals surface area contributed by atoms with Gasteiger partial charge in [0.2, 0.25) is 0 Å². The molecule has 0 aliphatic rings. The first-order valence-corrected chi connectivity index (χ1v) is 4.86. The Bertz CT molecular complexity index is 266. The highest BCUT2D eigenvalue weighted by Crippen LogP contribution is 2.15. The van der Waals surface area contributed by atoms with E-state index >= 15 is 0 Å². The van der Waals surface area contributed by atoms with Gasteiger partial charge in [0.05, 0.1) is 6.61 Å². The number of methoxy groups -OCH3 is 1. The number of rotatable bonds is 4. The molecule has 1 heteroatoms. The molecule has 0 heterocycles. The zero-order chi connectivity index (χ0) is 9.68. The van der Waals surface area contributed by atoms with Gasteiger partial charge in [-0.3, -0.25) is 0 Å². The first kappa shape index (κ1) is 10.3. The highest BCUT2D eigenvalue weighted by Gasteiger charge is 2.02. The number of benzene rings is 1. The molecule has 0 aliphatic heterocycles. The van der Waals surface area contributed by atoms with E-state index in [4.69, 9.17) is 4.74 Å². The Balaban J connectivity index is 2.87. The van der Waals surface area contributed by atoms with Gasteiger partial charge < -0.3 is 4.74 Å². The van der Waals surface area contributed by atoms with E-state index in [9.17, 15) is 0 Å². The Morgan fingerprint density at radius 2 is 2.08 bits per heavy atom.